The molecular weight excluding hydrogens is 412 g/mol. The van der Waals surface area contributed by atoms with Crippen molar-refractivity contribution in [1.82, 2.24) is 9.55 Å². The van der Waals surface area contributed by atoms with Gasteiger partial charge in [0.1, 0.15) is 16.6 Å². The maximum absolute atomic E-state index is 9.73. The van der Waals surface area contributed by atoms with Crippen LogP contribution >= 0.6 is 11.3 Å². The molecule has 0 atom stereocenters. The Morgan fingerprint density at radius 3 is 2.62 bits per heavy atom. The largest absolute Gasteiger partial charge is 0.360 e. The van der Waals surface area contributed by atoms with E-state index >= 15 is 0 Å². The molecular formula is C27H22N4S. The minimum absolute atomic E-state index is 0.518. The molecule has 4 nitrogen and oxygen atoms in total. The maximum Gasteiger partial charge on any atom is 0.136 e. The minimum atomic E-state index is 0.518. The molecule has 0 fully saturated rings. The highest BCUT2D eigenvalue weighted by molar-refractivity contribution is 7.11. The predicted molar refractivity (Wildman–Crippen MR) is 135 cm³/mol. The second-order valence-electron chi connectivity index (χ2n) is 7.71. The first kappa shape index (κ1) is 20.0. The Hall–Kier alpha value is -3.88. The topological polar surface area (TPSA) is 53.6 Å². The predicted octanol–water partition coefficient (Wildman–Crippen LogP) is 7.22. The smallest absolute Gasteiger partial charge is 0.136 e. The van der Waals surface area contributed by atoms with Crippen LogP contribution in [0, 0.1) is 18.3 Å². The van der Waals surface area contributed by atoms with Gasteiger partial charge in [0, 0.05) is 51.2 Å². The average molecular weight is 435 g/mol. The highest BCUT2D eigenvalue weighted by atomic mass is 32.1. The van der Waals surface area contributed by atoms with Crippen molar-refractivity contribution in [2.45, 2.75) is 20.4 Å². The zero-order valence-electron chi connectivity index (χ0n) is 18.0. The van der Waals surface area contributed by atoms with Gasteiger partial charge in [-0.15, -0.1) is 11.3 Å². The number of nitrogens with one attached hydrogen (secondary N) is 1. The Kier molecular flexibility index (Phi) is 5.22. The lowest BCUT2D eigenvalue weighted by Crippen LogP contribution is -1.94. The molecule has 0 aliphatic carbocycles. The number of thiazole rings is 1. The lowest BCUT2D eigenvalue weighted by Gasteiger charge is -2.05. The zero-order chi connectivity index (χ0) is 22.1. The molecule has 1 N–H and O–H groups in total. The number of nitriles is 1. The third-order valence-electron chi connectivity index (χ3n) is 5.67. The molecule has 0 aliphatic rings. The quantitative estimate of drug-likeness (QED) is 0.297. The van der Waals surface area contributed by atoms with Gasteiger partial charge in [0.15, 0.2) is 0 Å². The van der Waals surface area contributed by atoms with Crippen molar-refractivity contribution < 1.29 is 0 Å². The first-order valence-corrected chi connectivity index (χ1v) is 11.5. The summed E-state index contributed by atoms with van der Waals surface area (Å²) in [6.45, 7) is 5.15. The monoisotopic (exact) mass is 434 g/mol. The van der Waals surface area contributed by atoms with Crippen molar-refractivity contribution in [1.29, 1.82) is 5.26 Å². The minimum Gasteiger partial charge on any atom is -0.360 e. The highest BCUT2D eigenvalue weighted by Gasteiger charge is 2.11. The molecule has 0 aliphatic heterocycles. The second kappa shape index (κ2) is 8.33. The van der Waals surface area contributed by atoms with E-state index in [0.29, 0.717) is 10.6 Å². The third kappa shape index (κ3) is 3.55. The van der Waals surface area contributed by atoms with Gasteiger partial charge < -0.3 is 9.88 Å². The zero-order valence-corrected chi connectivity index (χ0v) is 18.8. The molecule has 0 amide bonds. The van der Waals surface area contributed by atoms with Gasteiger partial charge in [-0.1, -0.05) is 48.0 Å². The van der Waals surface area contributed by atoms with Gasteiger partial charge in [0.2, 0.25) is 0 Å². The van der Waals surface area contributed by atoms with E-state index in [0.717, 1.165) is 23.5 Å². The van der Waals surface area contributed by atoms with Gasteiger partial charge in [-0.05, 0) is 38.1 Å². The Bertz CT molecular complexity index is 1500. The number of rotatable bonds is 5. The van der Waals surface area contributed by atoms with Crippen LogP contribution in [0.4, 0.5) is 5.69 Å². The molecule has 32 heavy (non-hydrogen) atoms. The summed E-state index contributed by atoms with van der Waals surface area (Å²) in [4.78, 5) is 4.68. The Labute approximate surface area is 191 Å². The number of anilines is 1. The lowest BCUT2D eigenvalue weighted by atomic mass is 10.1. The summed E-state index contributed by atoms with van der Waals surface area (Å²) in [5, 5.41) is 18.2. The number of benzene rings is 3. The van der Waals surface area contributed by atoms with Crippen LogP contribution in [0.25, 0.3) is 38.6 Å². The molecule has 5 aromatic rings. The van der Waals surface area contributed by atoms with Gasteiger partial charge in [-0.25, -0.2) is 4.98 Å². The van der Waals surface area contributed by atoms with E-state index in [1.807, 2.05) is 5.38 Å². The number of hydrogen-bond donors (Lipinski definition) is 1. The first-order chi connectivity index (χ1) is 15.7. The summed E-state index contributed by atoms with van der Waals surface area (Å²) >= 11 is 1.48. The van der Waals surface area contributed by atoms with Crippen LogP contribution in [-0.4, -0.2) is 9.55 Å². The van der Waals surface area contributed by atoms with Crippen LogP contribution in [0.2, 0.25) is 0 Å². The van der Waals surface area contributed by atoms with Crippen LogP contribution in [0.5, 0.6) is 0 Å². The van der Waals surface area contributed by atoms with Crippen molar-refractivity contribution in [3.8, 4) is 17.3 Å². The molecule has 0 saturated heterocycles. The molecule has 0 saturated carbocycles. The van der Waals surface area contributed by atoms with Gasteiger partial charge in [0.05, 0.1) is 5.69 Å². The van der Waals surface area contributed by atoms with E-state index < -0.39 is 0 Å². The van der Waals surface area contributed by atoms with E-state index in [1.165, 1.54) is 38.7 Å². The number of para-hydroxylation sites is 1. The van der Waals surface area contributed by atoms with Crippen molar-refractivity contribution in [2.24, 2.45) is 0 Å². The molecule has 0 spiro atoms. The fraction of sp³-hybridized carbons (Fsp3) is 0.111. The Balaban J connectivity index is 1.46. The summed E-state index contributed by atoms with van der Waals surface area (Å²) in [7, 11) is 0. The Morgan fingerprint density at radius 2 is 1.84 bits per heavy atom. The van der Waals surface area contributed by atoms with Crippen molar-refractivity contribution in [2.75, 3.05) is 5.32 Å². The van der Waals surface area contributed by atoms with Crippen LogP contribution in [0.1, 0.15) is 17.5 Å². The normalized spacial score (nSPS) is 11.7. The lowest BCUT2D eigenvalue weighted by molar-refractivity contribution is 0.827. The van der Waals surface area contributed by atoms with Crippen molar-refractivity contribution in [3.63, 3.8) is 0 Å². The number of hydrogen-bond acceptors (Lipinski definition) is 4. The fourth-order valence-electron chi connectivity index (χ4n) is 4.04. The van der Waals surface area contributed by atoms with Gasteiger partial charge in [0.25, 0.3) is 0 Å². The number of nitrogens with zero attached hydrogens (tertiary/aromatic N) is 3. The van der Waals surface area contributed by atoms with Crippen molar-refractivity contribution in [3.05, 3.63) is 88.9 Å². The number of allylic oxidation sites excluding steroid dienone is 1. The molecule has 3 aromatic carbocycles. The molecule has 5 heteroatoms. The summed E-state index contributed by atoms with van der Waals surface area (Å²) < 4.78 is 2.33. The van der Waals surface area contributed by atoms with Crippen molar-refractivity contribution >= 4 is 44.4 Å². The maximum atomic E-state index is 9.73. The van der Waals surface area contributed by atoms with Crippen LogP contribution < -0.4 is 5.32 Å². The van der Waals surface area contributed by atoms with Gasteiger partial charge in [-0.2, -0.15) is 5.26 Å². The number of aryl methyl sites for hydroxylation is 2. The first-order valence-electron chi connectivity index (χ1n) is 10.6. The second-order valence-corrected chi connectivity index (χ2v) is 8.57. The standard InChI is InChI=1S/C27H22N4S/c1-3-31-25-7-5-4-6-22(25)23-14-21(12-13-26(23)31)29-16-20(15-28)27-30-24(17-32-27)19-10-8-18(2)9-11-19/h4-14,16-17,29H,3H2,1-2H3. The van der Waals surface area contributed by atoms with E-state index in [2.05, 4.69) is 102 Å². The SMILES string of the molecule is CCn1c2ccccc2c2cc(NC=C(C#N)c3nc(-c4ccc(C)cc4)cs3)ccc21. The van der Waals surface area contributed by atoms with E-state index in [1.54, 1.807) is 6.20 Å². The average Bonchev–Trinajstić information content (AvgIpc) is 3.43. The van der Waals surface area contributed by atoms with Crippen LogP contribution in [0.3, 0.4) is 0 Å². The summed E-state index contributed by atoms with van der Waals surface area (Å²) in [6.07, 6.45) is 1.75. The molecule has 5 rings (SSSR count). The summed E-state index contributed by atoms with van der Waals surface area (Å²) in [5.74, 6) is 0. The number of fused-ring (bicyclic) bond motifs is 3. The van der Waals surface area contributed by atoms with Gasteiger partial charge in [-0.3, -0.25) is 0 Å². The van der Waals surface area contributed by atoms with E-state index in [9.17, 15) is 5.26 Å². The van der Waals surface area contributed by atoms with E-state index in [4.69, 9.17) is 0 Å². The summed E-state index contributed by atoms with van der Waals surface area (Å²) in [6, 6.07) is 25.4. The van der Waals surface area contributed by atoms with Crippen LogP contribution in [0.15, 0.2) is 78.3 Å². The summed E-state index contributed by atoms with van der Waals surface area (Å²) in [5.41, 5.74) is 7.07. The van der Waals surface area contributed by atoms with Crippen LogP contribution in [-0.2, 0) is 6.54 Å². The molecule has 2 aromatic heterocycles. The fourth-order valence-corrected chi connectivity index (χ4v) is 4.83. The molecule has 2 heterocycles. The number of aromatic nitrogens is 2. The molecule has 0 unspecified atom stereocenters. The van der Waals surface area contributed by atoms with Gasteiger partial charge >= 0.3 is 0 Å². The third-order valence-corrected chi connectivity index (χ3v) is 6.55. The van der Waals surface area contributed by atoms with E-state index in [-0.39, 0.29) is 0 Å². The molecule has 0 bridgehead atoms. The Morgan fingerprint density at radius 1 is 1.06 bits per heavy atom. The molecule has 156 valence electrons. The molecule has 0 radical (unpaired) electrons. The highest BCUT2D eigenvalue weighted by Crippen LogP contribution is 2.31.